The second-order valence-electron chi connectivity index (χ2n) is 6.38. The summed E-state index contributed by atoms with van der Waals surface area (Å²) < 4.78 is 5.89. The normalized spacial score (nSPS) is 22.9. The largest absolute Gasteiger partial charge is 0.394 e. The van der Waals surface area contributed by atoms with Crippen LogP contribution in [-0.4, -0.2) is 35.0 Å². The Hall–Kier alpha value is -0.120. The van der Waals surface area contributed by atoms with Gasteiger partial charge in [-0.3, -0.25) is 0 Å². The minimum Gasteiger partial charge on any atom is -0.394 e. The van der Waals surface area contributed by atoms with E-state index >= 15 is 0 Å². The van der Waals surface area contributed by atoms with Crippen molar-refractivity contribution in [2.45, 2.75) is 77.2 Å². The van der Waals surface area contributed by atoms with E-state index in [9.17, 15) is 5.11 Å². The molecule has 0 amide bonds. The average molecular weight is 229 g/mol. The summed E-state index contributed by atoms with van der Waals surface area (Å²) >= 11 is 0. The molecule has 1 aliphatic rings. The van der Waals surface area contributed by atoms with Gasteiger partial charge in [0.15, 0.2) is 0 Å². The quantitative estimate of drug-likeness (QED) is 0.733. The second-order valence-corrected chi connectivity index (χ2v) is 6.38. The van der Waals surface area contributed by atoms with Crippen molar-refractivity contribution in [3.8, 4) is 0 Å². The lowest BCUT2D eigenvalue weighted by atomic mass is 9.95. The number of nitrogens with one attached hydrogen (secondary N) is 1. The van der Waals surface area contributed by atoms with E-state index in [1.165, 1.54) is 12.8 Å². The van der Waals surface area contributed by atoms with Crippen molar-refractivity contribution in [3.05, 3.63) is 0 Å². The zero-order valence-corrected chi connectivity index (χ0v) is 11.3. The summed E-state index contributed by atoms with van der Waals surface area (Å²) in [5.74, 6) is 0. The molecule has 2 unspecified atom stereocenters. The molecular weight excluding hydrogens is 202 g/mol. The molecule has 0 aliphatic heterocycles. The third kappa shape index (κ3) is 5.28. The van der Waals surface area contributed by atoms with Gasteiger partial charge in [0.1, 0.15) is 0 Å². The molecule has 96 valence electrons. The van der Waals surface area contributed by atoms with E-state index in [0.717, 1.165) is 6.42 Å². The molecule has 2 atom stereocenters. The van der Waals surface area contributed by atoms with Gasteiger partial charge < -0.3 is 15.2 Å². The van der Waals surface area contributed by atoms with Crippen LogP contribution in [0.3, 0.4) is 0 Å². The number of ether oxygens (including phenoxy) is 1. The highest BCUT2D eigenvalue weighted by atomic mass is 16.5. The van der Waals surface area contributed by atoms with Gasteiger partial charge in [-0.25, -0.2) is 0 Å². The highest BCUT2D eigenvalue weighted by Gasteiger charge is 2.34. The van der Waals surface area contributed by atoms with Gasteiger partial charge in [0, 0.05) is 11.6 Å². The number of hydrogen-bond acceptors (Lipinski definition) is 3. The van der Waals surface area contributed by atoms with Crippen molar-refractivity contribution in [2.24, 2.45) is 0 Å². The first-order valence-electron chi connectivity index (χ1n) is 6.30. The Kier molecular flexibility index (Phi) is 4.38. The Morgan fingerprint density at radius 1 is 1.31 bits per heavy atom. The summed E-state index contributed by atoms with van der Waals surface area (Å²) in [6, 6.07) is 0.610. The zero-order valence-electron chi connectivity index (χ0n) is 11.3. The molecule has 3 nitrogen and oxygen atoms in total. The Morgan fingerprint density at radius 2 is 1.88 bits per heavy atom. The van der Waals surface area contributed by atoms with Crippen molar-refractivity contribution in [1.82, 2.24) is 5.32 Å². The molecule has 3 heteroatoms. The van der Waals surface area contributed by atoms with Gasteiger partial charge in [-0.2, -0.15) is 0 Å². The maximum absolute atomic E-state index is 9.49. The van der Waals surface area contributed by atoms with E-state index in [1.54, 1.807) is 0 Å². The van der Waals surface area contributed by atoms with E-state index in [0.29, 0.717) is 6.04 Å². The predicted molar refractivity (Wildman–Crippen MR) is 66.6 cm³/mol. The molecule has 0 radical (unpaired) electrons. The van der Waals surface area contributed by atoms with Crippen LogP contribution in [0.25, 0.3) is 0 Å². The number of rotatable bonds is 6. The highest BCUT2D eigenvalue weighted by Crippen LogP contribution is 2.26. The van der Waals surface area contributed by atoms with E-state index in [1.807, 2.05) is 0 Å². The first-order valence-corrected chi connectivity index (χ1v) is 6.30. The molecule has 1 saturated carbocycles. The third-order valence-corrected chi connectivity index (χ3v) is 2.77. The molecule has 1 fully saturated rings. The van der Waals surface area contributed by atoms with Crippen LogP contribution in [0.5, 0.6) is 0 Å². The Labute approximate surface area is 99.6 Å². The van der Waals surface area contributed by atoms with Crippen LogP contribution >= 0.6 is 0 Å². The molecule has 1 aliphatic carbocycles. The summed E-state index contributed by atoms with van der Waals surface area (Å²) in [5, 5.41) is 13.0. The molecule has 0 saturated heterocycles. The van der Waals surface area contributed by atoms with Crippen molar-refractivity contribution < 1.29 is 9.84 Å². The van der Waals surface area contributed by atoms with Gasteiger partial charge in [0.2, 0.25) is 0 Å². The van der Waals surface area contributed by atoms with Gasteiger partial charge in [-0.1, -0.05) is 0 Å². The highest BCUT2D eigenvalue weighted by molar-refractivity contribution is 4.93. The molecule has 0 bridgehead atoms. The van der Waals surface area contributed by atoms with Crippen molar-refractivity contribution >= 4 is 0 Å². The second kappa shape index (κ2) is 5.03. The summed E-state index contributed by atoms with van der Waals surface area (Å²) in [4.78, 5) is 0. The molecule has 16 heavy (non-hydrogen) atoms. The Balaban J connectivity index is 2.41. The lowest BCUT2D eigenvalue weighted by molar-refractivity contribution is -0.0669. The molecule has 0 spiro atoms. The molecular formula is C13H27NO2. The first kappa shape index (κ1) is 13.9. The Morgan fingerprint density at radius 3 is 2.25 bits per heavy atom. The zero-order chi connectivity index (χ0) is 12.4. The molecule has 2 N–H and O–H groups in total. The van der Waals surface area contributed by atoms with Crippen LogP contribution in [-0.2, 0) is 4.74 Å². The minimum absolute atomic E-state index is 0.116. The molecule has 0 aromatic carbocycles. The number of aliphatic hydroxyl groups is 1. The fraction of sp³-hybridized carbons (Fsp3) is 1.00. The predicted octanol–water partition coefficient (Wildman–Crippen LogP) is 2.08. The third-order valence-electron chi connectivity index (χ3n) is 2.77. The van der Waals surface area contributed by atoms with Crippen LogP contribution in [0, 0.1) is 0 Å². The van der Waals surface area contributed by atoms with Crippen molar-refractivity contribution in [3.63, 3.8) is 0 Å². The van der Waals surface area contributed by atoms with E-state index in [2.05, 4.69) is 39.9 Å². The van der Waals surface area contributed by atoms with Crippen molar-refractivity contribution in [2.75, 3.05) is 6.61 Å². The lowest BCUT2D eigenvalue weighted by Crippen LogP contribution is -2.49. The standard InChI is InChI=1S/C13H27NO2/c1-10(16-12(2,3)4)8-13(5,9-15)14-11-6-7-11/h10-11,14-15H,6-9H2,1-5H3. The number of aliphatic hydroxyl groups excluding tert-OH is 1. The SMILES string of the molecule is CC(CC(C)(CO)NC1CC1)OC(C)(C)C. The van der Waals surface area contributed by atoms with Gasteiger partial charge in [0.05, 0.1) is 18.3 Å². The summed E-state index contributed by atoms with van der Waals surface area (Å²) in [6.45, 7) is 10.5. The monoisotopic (exact) mass is 229 g/mol. The minimum atomic E-state index is -0.203. The smallest absolute Gasteiger partial charge is 0.0611 e. The van der Waals surface area contributed by atoms with Gasteiger partial charge >= 0.3 is 0 Å². The van der Waals surface area contributed by atoms with Crippen molar-refractivity contribution in [1.29, 1.82) is 0 Å². The summed E-state index contributed by atoms with van der Waals surface area (Å²) in [7, 11) is 0. The van der Waals surface area contributed by atoms with Gasteiger partial charge in [0.25, 0.3) is 0 Å². The van der Waals surface area contributed by atoms with Crippen LogP contribution < -0.4 is 5.32 Å². The summed E-state index contributed by atoms with van der Waals surface area (Å²) in [5.41, 5.74) is -0.318. The first-order chi connectivity index (χ1) is 7.24. The maximum atomic E-state index is 9.49. The average Bonchev–Trinajstić information content (AvgIpc) is 2.84. The summed E-state index contributed by atoms with van der Waals surface area (Å²) in [6.07, 6.45) is 3.48. The molecule has 1 rings (SSSR count). The van der Waals surface area contributed by atoms with Crippen LogP contribution in [0.15, 0.2) is 0 Å². The fourth-order valence-electron chi connectivity index (χ4n) is 2.17. The lowest BCUT2D eigenvalue weighted by Gasteiger charge is -2.34. The van der Waals surface area contributed by atoms with Crippen LogP contribution in [0.1, 0.15) is 53.9 Å². The van der Waals surface area contributed by atoms with E-state index in [4.69, 9.17) is 4.74 Å². The van der Waals surface area contributed by atoms with Crippen LogP contribution in [0.4, 0.5) is 0 Å². The molecule has 0 aromatic rings. The molecule has 0 heterocycles. The van der Waals surface area contributed by atoms with Crippen LogP contribution in [0.2, 0.25) is 0 Å². The number of hydrogen-bond donors (Lipinski definition) is 2. The molecule has 0 aromatic heterocycles. The Bertz CT molecular complexity index is 220. The van der Waals surface area contributed by atoms with Gasteiger partial charge in [-0.05, 0) is 53.9 Å². The van der Waals surface area contributed by atoms with E-state index in [-0.39, 0.29) is 23.9 Å². The fourth-order valence-corrected chi connectivity index (χ4v) is 2.17. The van der Waals surface area contributed by atoms with Gasteiger partial charge in [-0.15, -0.1) is 0 Å². The van der Waals surface area contributed by atoms with E-state index < -0.39 is 0 Å². The topological polar surface area (TPSA) is 41.5 Å². The maximum Gasteiger partial charge on any atom is 0.0611 e.